The predicted molar refractivity (Wildman–Crippen MR) is 90.7 cm³/mol. The van der Waals surface area contributed by atoms with E-state index in [1.165, 1.54) is 15.6 Å². The Kier molecular flexibility index (Phi) is 6.39. The Labute approximate surface area is 140 Å². The molecule has 1 saturated heterocycles. The zero-order chi connectivity index (χ0) is 15.5. The van der Waals surface area contributed by atoms with E-state index in [2.05, 4.69) is 28.2 Å². The summed E-state index contributed by atoms with van der Waals surface area (Å²) in [7, 11) is -4.37. The lowest BCUT2D eigenvalue weighted by atomic mass is 10.4. The number of sulfonamides is 1. The first-order valence-corrected chi connectivity index (χ1v) is 11.3. The number of hydrogen-bond donors (Lipinski definition) is 1. The van der Waals surface area contributed by atoms with Crippen molar-refractivity contribution in [3.63, 3.8) is 0 Å². The number of rotatable bonds is 6. The second-order valence-corrected chi connectivity index (χ2v) is 10.8. The molecule has 0 bridgehead atoms. The van der Waals surface area contributed by atoms with Crippen molar-refractivity contribution in [1.82, 2.24) is 9.62 Å². The number of nitrogens with zero attached hydrogens (tertiary/aromatic N) is 1. The lowest BCUT2D eigenvalue weighted by Crippen LogP contribution is -2.41. The predicted octanol–water partition coefficient (Wildman–Crippen LogP) is 1.76. The largest absolute Gasteiger partial charge is 0.312 e. The van der Waals surface area contributed by atoms with Crippen molar-refractivity contribution >= 4 is 48.1 Å². The van der Waals surface area contributed by atoms with Gasteiger partial charge in [0, 0.05) is 46.8 Å². The van der Waals surface area contributed by atoms with Gasteiger partial charge in [-0.15, -0.1) is 11.3 Å². The molecule has 0 saturated carbocycles. The van der Waals surface area contributed by atoms with Crippen molar-refractivity contribution in [3.8, 4) is 0 Å². The molecule has 1 aliphatic heterocycles. The van der Waals surface area contributed by atoms with E-state index < -0.39 is 20.8 Å². The van der Waals surface area contributed by atoms with E-state index in [1.54, 1.807) is 6.07 Å². The van der Waals surface area contributed by atoms with Gasteiger partial charge in [0.05, 0.1) is 3.79 Å². The van der Waals surface area contributed by atoms with Gasteiger partial charge >= 0.3 is 0 Å². The molecule has 0 aromatic carbocycles. The van der Waals surface area contributed by atoms with E-state index in [1.807, 2.05) is 0 Å². The van der Waals surface area contributed by atoms with E-state index >= 15 is 0 Å². The quantitative estimate of drug-likeness (QED) is 0.720. The van der Waals surface area contributed by atoms with Gasteiger partial charge in [-0.2, -0.15) is 4.31 Å². The van der Waals surface area contributed by atoms with Crippen molar-refractivity contribution in [1.29, 1.82) is 0 Å². The van der Waals surface area contributed by atoms with E-state index in [-0.39, 0.29) is 0 Å². The van der Waals surface area contributed by atoms with Gasteiger partial charge in [-0.25, -0.2) is 8.42 Å². The number of thiophene rings is 1. The second kappa shape index (κ2) is 7.65. The van der Waals surface area contributed by atoms with Crippen molar-refractivity contribution in [2.75, 3.05) is 31.1 Å². The average molecular weight is 415 g/mol. The highest BCUT2D eigenvalue weighted by molar-refractivity contribution is 9.11. The van der Waals surface area contributed by atoms with Gasteiger partial charge in [-0.1, -0.05) is 6.92 Å². The molecule has 9 heteroatoms. The topological polar surface area (TPSA) is 66.5 Å². The Hall–Kier alpha value is 0.200. The first kappa shape index (κ1) is 17.6. The fourth-order valence-electron chi connectivity index (χ4n) is 2.05. The summed E-state index contributed by atoms with van der Waals surface area (Å²) in [6.45, 7) is 4.35. The summed E-state index contributed by atoms with van der Waals surface area (Å²) in [6, 6.07) is 1.73. The number of halogens is 1. The van der Waals surface area contributed by atoms with Crippen LogP contribution in [0.4, 0.5) is 0 Å². The van der Waals surface area contributed by atoms with Crippen LogP contribution in [0.25, 0.3) is 0 Å². The number of nitrogens with one attached hydrogen (secondary N) is 1. The lowest BCUT2D eigenvalue weighted by molar-refractivity contribution is 0.438. The van der Waals surface area contributed by atoms with Crippen LogP contribution < -0.4 is 5.32 Å². The molecule has 120 valence electrons. The Morgan fingerprint density at radius 1 is 1.43 bits per heavy atom. The summed E-state index contributed by atoms with van der Waals surface area (Å²) in [5, 5.41) is 3.27. The van der Waals surface area contributed by atoms with E-state index in [4.69, 9.17) is 0 Å². The third kappa shape index (κ3) is 4.35. The minimum absolute atomic E-state index is 0.327. The summed E-state index contributed by atoms with van der Waals surface area (Å²) < 4.78 is 38.7. The van der Waals surface area contributed by atoms with Crippen LogP contribution in [0.3, 0.4) is 0 Å². The zero-order valence-electron chi connectivity index (χ0n) is 11.8. The van der Waals surface area contributed by atoms with Gasteiger partial charge < -0.3 is 5.32 Å². The molecule has 1 aliphatic rings. The van der Waals surface area contributed by atoms with Crippen LogP contribution in [0.1, 0.15) is 18.2 Å². The van der Waals surface area contributed by atoms with Crippen molar-refractivity contribution in [2.45, 2.75) is 24.8 Å². The molecule has 1 aromatic rings. The van der Waals surface area contributed by atoms with Crippen LogP contribution in [0.2, 0.25) is 0 Å². The normalized spacial score (nSPS) is 18.2. The third-order valence-electron chi connectivity index (χ3n) is 3.19. The highest BCUT2D eigenvalue weighted by Crippen LogP contribution is 2.33. The van der Waals surface area contributed by atoms with Gasteiger partial charge in [0.2, 0.25) is 10.0 Å². The van der Waals surface area contributed by atoms with E-state index in [9.17, 15) is 12.6 Å². The van der Waals surface area contributed by atoms with Gasteiger partial charge in [0.15, 0.2) is 0 Å². The standard InChI is InChI=1S/C12H19BrN2O3S3/c1-2-3-14-9-10-8-11(12(13)19-10)21(17,18)15-4-6-20(16)7-5-15/h8,14H,2-7,9H2,1H3. The van der Waals surface area contributed by atoms with Crippen molar-refractivity contribution in [3.05, 3.63) is 14.7 Å². The van der Waals surface area contributed by atoms with E-state index in [0.717, 1.165) is 17.8 Å². The molecule has 2 rings (SSSR count). The Balaban J connectivity index is 2.14. The maximum atomic E-state index is 12.6. The molecular weight excluding hydrogens is 396 g/mol. The summed E-state index contributed by atoms with van der Waals surface area (Å²) >= 11 is 4.81. The Bertz CT molecular complexity index is 605. The maximum Gasteiger partial charge on any atom is 0.245 e. The molecule has 2 heterocycles. The van der Waals surface area contributed by atoms with Gasteiger partial charge in [0.25, 0.3) is 0 Å². The maximum absolute atomic E-state index is 12.6. The molecular formula is C12H19BrN2O3S3. The molecule has 1 aromatic heterocycles. The van der Waals surface area contributed by atoms with Crippen molar-refractivity contribution in [2.24, 2.45) is 0 Å². The SMILES string of the molecule is CCCNCc1cc(S(=O)(=O)N2CCS(=O)CC2)c(Br)s1. The fraction of sp³-hybridized carbons (Fsp3) is 0.667. The highest BCUT2D eigenvalue weighted by Gasteiger charge is 2.30. The van der Waals surface area contributed by atoms with Crippen LogP contribution in [-0.2, 0) is 27.4 Å². The van der Waals surface area contributed by atoms with Gasteiger partial charge in [-0.05, 0) is 35.0 Å². The minimum atomic E-state index is -3.49. The Morgan fingerprint density at radius 2 is 2.10 bits per heavy atom. The summed E-state index contributed by atoms with van der Waals surface area (Å²) in [5.41, 5.74) is 0. The summed E-state index contributed by atoms with van der Waals surface area (Å²) in [6.07, 6.45) is 1.04. The zero-order valence-corrected chi connectivity index (χ0v) is 15.8. The molecule has 0 spiro atoms. The molecule has 0 atom stereocenters. The fourth-order valence-corrected chi connectivity index (χ4v) is 7.38. The van der Waals surface area contributed by atoms with Crippen LogP contribution in [0.15, 0.2) is 14.7 Å². The Morgan fingerprint density at radius 3 is 2.71 bits per heavy atom. The van der Waals surface area contributed by atoms with Gasteiger partial charge in [0.1, 0.15) is 4.90 Å². The third-order valence-corrected chi connectivity index (χ3v) is 8.61. The molecule has 0 radical (unpaired) electrons. The molecule has 1 fully saturated rings. The minimum Gasteiger partial charge on any atom is -0.312 e. The van der Waals surface area contributed by atoms with Crippen LogP contribution in [0, 0.1) is 0 Å². The van der Waals surface area contributed by atoms with Gasteiger partial charge in [-0.3, -0.25) is 4.21 Å². The molecule has 5 nitrogen and oxygen atoms in total. The van der Waals surface area contributed by atoms with Crippen LogP contribution >= 0.6 is 27.3 Å². The molecule has 21 heavy (non-hydrogen) atoms. The van der Waals surface area contributed by atoms with Crippen molar-refractivity contribution < 1.29 is 12.6 Å². The summed E-state index contributed by atoms with van der Waals surface area (Å²) in [4.78, 5) is 1.32. The smallest absolute Gasteiger partial charge is 0.245 e. The van der Waals surface area contributed by atoms with Crippen LogP contribution in [0.5, 0.6) is 0 Å². The monoisotopic (exact) mass is 414 g/mol. The molecule has 0 aliphatic carbocycles. The second-order valence-electron chi connectivity index (χ2n) is 4.78. The molecule has 0 amide bonds. The highest BCUT2D eigenvalue weighted by atomic mass is 79.9. The lowest BCUT2D eigenvalue weighted by Gasteiger charge is -2.25. The van der Waals surface area contributed by atoms with Crippen LogP contribution in [-0.4, -0.2) is 48.1 Å². The first-order valence-electron chi connectivity index (χ1n) is 6.79. The van der Waals surface area contributed by atoms with E-state index in [0.29, 0.717) is 39.8 Å². The average Bonchev–Trinajstić information content (AvgIpc) is 2.81. The molecule has 0 unspecified atom stereocenters. The first-order chi connectivity index (χ1) is 9.95. The summed E-state index contributed by atoms with van der Waals surface area (Å²) in [5.74, 6) is 0.845. The number of hydrogen-bond acceptors (Lipinski definition) is 5. The molecule has 1 N–H and O–H groups in total.